The first-order valence-electron chi connectivity index (χ1n) is 18.6. The number of para-hydroxylation sites is 5. The first-order valence-corrected chi connectivity index (χ1v) is 19.4. The molecule has 5 heterocycles. The predicted molar refractivity (Wildman–Crippen MR) is 228 cm³/mol. The highest BCUT2D eigenvalue weighted by atomic mass is 32.2. The molecule has 4 aliphatic heterocycles. The fourth-order valence-electron chi connectivity index (χ4n) is 9.36. The van der Waals surface area contributed by atoms with E-state index in [4.69, 9.17) is 4.98 Å². The Bertz CT molecular complexity index is 2800. The number of nitrogens with zero attached hydrogens (tertiary/aromatic N) is 4. The normalized spacial score (nSPS) is 14.0. The third-order valence-electron chi connectivity index (χ3n) is 11.5. The molecule has 0 radical (unpaired) electrons. The molecule has 0 aliphatic carbocycles. The largest absolute Gasteiger partial charge is 0.311 e. The summed E-state index contributed by atoms with van der Waals surface area (Å²) in [6.07, 6.45) is 0. The smallest absolute Gasteiger partial charge is 0.272 e. The SMILES string of the molecule is c1ccc(N2c3ccccc3B3c4nc5c(cc4Sc4cccc2c43)B2c3ccccc3N(c3ccccc3)c3cccc(c32)N5c2ccccc2)cc1. The second-order valence-electron chi connectivity index (χ2n) is 14.3. The van der Waals surface area contributed by atoms with Crippen molar-refractivity contribution < 1.29 is 0 Å². The zero-order valence-electron chi connectivity index (χ0n) is 29.2. The lowest BCUT2D eigenvalue weighted by molar-refractivity contribution is 1.17. The molecule has 0 N–H and O–H groups in total. The van der Waals surface area contributed by atoms with Crippen LogP contribution in [0, 0.1) is 0 Å². The van der Waals surface area contributed by atoms with Crippen LogP contribution < -0.4 is 47.6 Å². The van der Waals surface area contributed by atoms with E-state index in [1.165, 1.54) is 65.5 Å². The number of pyridine rings is 1. The number of hydrogen-bond donors (Lipinski definition) is 0. The van der Waals surface area contributed by atoms with Crippen molar-refractivity contribution in [3.63, 3.8) is 0 Å². The average Bonchev–Trinajstić information content (AvgIpc) is 3.24. The summed E-state index contributed by atoms with van der Waals surface area (Å²) < 4.78 is 0. The maximum atomic E-state index is 5.91. The predicted octanol–water partition coefficient (Wildman–Crippen LogP) is 7.93. The molecule has 4 nitrogen and oxygen atoms in total. The number of benzene rings is 7. The summed E-state index contributed by atoms with van der Waals surface area (Å²) in [6.45, 7) is 0.00662. The van der Waals surface area contributed by atoms with Gasteiger partial charge >= 0.3 is 0 Å². The van der Waals surface area contributed by atoms with Gasteiger partial charge in [-0.05, 0) is 106 Å². The first-order chi connectivity index (χ1) is 26.8. The summed E-state index contributed by atoms with van der Waals surface area (Å²) in [7, 11) is 0. The molecular formula is C47H30B2N4S. The van der Waals surface area contributed by atoms with Crippen LogP contribution in [0.3, 0.4) is 0 Å². The maximum absolute atomic E-state index is 5.91. The topological polar surface area (TPSA) is 22.6 Å². The summed E-state index contributed by atoms with van der Waals surface area (Å²) in [5.41, 5.74) is 17.0. The molecule has 0 unspecified atom stereocenters. The van der Waals surface area contributed by atoms with Crippen LogP contribution in [0.25, 0.3) is 0 Å². The van der Waals surface area contributed by atoms with Gasteiger partial charge in [-0.15, -0.1) is 0 Å². The summed E-state index contributed by atoms with van der Waals surface area (Å²) >= 11 is 1.87. The van der Waals surface area contributed by atoms with Crippen LogP contribution in [0.1, 0.15) is 0 Å². The van der Waals surface area contributed by atoms with Crippen LogP contribution in [-0.4, -0.2) is 18.4 Å². The third kappa shape index (κ3) is 4.16. The Morgan fingerprint density at radius 2 is 0.833 bits per heavy atom. The van der Waals surface area contributed by atoms with Crippen LogP contribution in [-0.2, 0) is 0 Å². The van der Waals surface area contributed by atoms with E-state index in [9.17, 15) is 0 Å². The number of fused-ring (bicyclic) bond motifs is 8. The molecule has 7 aromatic carbocycles. The summed E-state index contributed by atoms with van der Waals surface area (Å²) in [6, 6.07) is 66.3. The van der Waals surface area contributed by atoms with Crippen molar-refractivity contribution >= 4 is 109 Å². The Morgan fingerprint density at radius 1 is 0.370 bits per heavy atom. The first kappa shape index (κ1) is 30.1. The minimum Gasteiger partial charge on any atom is -0.311 e. The van der Waals surface area contributed by atoms with E-state index in [-0.39, 0.29) is 13.4 Å². The van der Waals surface area contributed by atoms with Gasteiger partial charge in [0.15, 0.2) is 0 Å². The minimum atomic E-state index is -0.00789. The minimum absolute atomic E-state index is 0.00789. The molecule has 54 heavy (non-hydrogen) atoms. The lowest BCUT2D eigenvalue weighted by Gasteiger charge is -2.44. The van der Waals surface area contributed by atoms with Crippen LogP contribution in [0.2, 0.25) is 0 Å². The molecule has 0 saturated carbocycles. The highest BCUT2D eigenvalue weighted by molar-refractivity contribution is 8.00. The Kier molecular flexibility index (Phi) is 6.42. The van der Waals surface area contributed by atoms with Gasteiger partial charge in [-0.3, -0.25) is 4.90 Å². The molecule has 8 aromatic rings. The van der Waals surface area contributed by atoms with Crippen LogP contribution in [0.4, 0.5) is 51.3 Å². The van der Waals surface area contributed by atoms with Crippen LogP contribution in [0.15, 0.2) is 192 Å². The Balaban J connectivity index is 1.13. The van der Waals surface area contributed by atoms with Crippen molar-refractivity contribution in [2.75, 3.05) is 14.7 Å². The van der Waals surface area contributed by atoms with E-state index in [0.29, 0.717) is 0 Å². The molecule has 0 bridgehead atoms. The van der Waals surface area contributed by atoms with E-state index in [1.807, 2.05) is 11.8 Å². The zero-order valence-corrected chi connectivity index (χ0v) is 30.0. The zero-order chi connectivity index (χ0) is 35.3. The number of rotatable bonds is 3. The Hall–Kier alpha value is -6.43. The lowest BCUT2D eigenvalue weighted by Crippen LogP contribution is -2.64. The van der Waals surface area contributed by atoms with E-state index in [2.05, 4.69) is 197 Å². The van der Waals surface area contributed by atoms with Gasteiger partial charge in [-0.1, -0.05) is 115 Å². The van der Waals surface area contributed by atoms with Crippen LogP contribution >= 0.6 is 11.8 Å². The van der Waals surface area contributed by atoms with E-state index >= 15 is 0 Å². The second-order valence-corrected chi connectivity index (χ2v) is 15.4. The number of aromatic nitrogens is 1. The molecule has 0 amide bonds. The summed E-state index contributed by atoms with van der Waals surface area (Å²) in [5.74, 6) is 1.00. The Morgan fingerprint density at radius 3 is 1.44 bits per heavy atom. The molecule has 0 saturated heterocycles. The standard InChI is InChI=1S/C47H30B2N4S/c1-4-16-31(17-5-1)51-37-24-12-10-22-34(37)48-36-30-43-46(50-47(36)53(33-20-8-3-9-21-33)40-27-14-26-39(51)44(40)48)49-35-23-11-13-25-38(35)52(32-18-6-2-7-19-32)41-28-15-29-42(54-43)45(41)49/h1-30H. The van der Waals surface area contributed by atoms with Gasteiger partial charge < -0.3 is 9.80 Å². The summed E-state index contributed by atoms with van der Waals surface area (Å²) in [5, 5.41) is 0. The highest BCUT2D eigenvalue weighted by Crippen LogP contribution is 2.45. The van der Waals surface area contributed by atoms with Gasteiger partial charge in [-0.25, -0.2) is 4.98 Å². The van der Waals surface area contributed by atoms with Crippen molar-refractivity contribution in [1.82, 2.24) is 4.98 Å². The van der Waals surface area contributed by atoms with Crippen molar-refractivity contribution in [3.8, 4) is 0 Å². The molecule has 0 fully saturated rings. The maximum Gasteiger partial charge on any atom is 0.272 e. The molecule has 7 heteroatoms. The van der Waals surface area contributed by atoms with Gasteiger partial charge in [0.2, 0.25) is 0 Å². The molecule has 12 rings (SSSR count). The fourth-order valence-corrected chi connectivity index (χ4v) is 10.5. The molecule has 0 spiro atoms. The molecule has 250 valence electrons. The van der Waals surface area contributed by atoms with E-state index in [0.717, 1.165) is 28.5 Å². The van der Waals surface area contributed by atoms with Crippen molar-refractivity contribution in [1.29, 1.82) is 0 Å². The third-order valence-corrected chi connectivity index (χ3v) is 12.6. The van der Waals surface area contributed by atoms with Gasteiger partial charge in [0.05, 0.1) is 0 Å². The number of anilines is 9. The van der Waals surface area contributed by atoms with Gasteiger partial charge in [0, 0.05) is 60.9 Å². The van der Waals surface area contributed by atoms with Gasteiger partial charge in [0.1, 0.15) is 5.82 Å². The van der Waals surface area contributed by atoms with Crippen LogP contribution in [0.5, 0.6) is 0 Å². The van der Waals surface area contributed by atoms with Gasteiger partial charge in [-0.2, -0.15) is 0 Å². The number of hydrogen-bond acceptors (Lipinski definition) is 5. The fraction of sp³-hybridized carbons (Fsp3) is 0. The van der Waals surface area contributed by atoms with E-state index in [1.54, 1.807) is 0 Å². The van der Waals surface area contributed by atoms with E-state index < -0.39 is 0 Å². The average molecular weight is 704 g/mol. The quantitative estimate of drug-likeness (QED) is 0.174. The van der Waals surface area contributed by atoms with Crippen molar-refractivity contribution in [2.24, 2.45) is 0 Å². The lowest BCUT2D eigenvalue weighted by atomic mass is 9.33. The Labute approximate surface area is 319 Å². The monoisotopic (exact) mass is 704 g/mol. The highest BCUT2D eigenvalue weighted by Gasteiger charge is 2.47. The second kappa shape index (κ2) is 11.5. The van der Waals surface area contributed by atoms with Crippen molar-refractivity contribution in [2.45, 2.75) is 9.79 Å². The molecule has 0 atom stereocenters. The van der Waals surface area contributed by atoms with Gasteiger partial charge in [0.25, 0.3) is 13.4 Å². The molecular weight excluding hydrogens is 674 g/mol. The van der Waals surface area contributed by atoms with Crippen molar-refractivity contribution in [3.05, 3.63) is 182 Å². The molecule has 4 aliphatic rings. The molecule has 1 aromatic heterocycles. The summed E-state index contributed by atoms with van der Waals surface area (Å²) in [4.78, 5) is 15.7.